The van der Waals surface area contributed by atoms with Gasteiger partial charge in [-0.15, -0.1) is 11.3 Å². The van der Waals surface area contributed by atoms with E-state index < -0.39 is 0 Å². The fourth-order valence-electron chi connectivity index (χ4n) is 2.67. The van der Waals surface area contributed by atoms with Crippen LogP contribution in [0, 0.1) is 13.8 Å². The summed E-state index contributed by atoms with van der Waals surface area (Å²) in [5.74, 6) is -0.118. The molecule has 0 saturated carbocycles. The van der Waals surface area contributed by atoms with Crippen LogP contribution in [-0.2, 0) is 9.59 Å². The van der Waals surface area contributed by atoms with Crippen molar-refractivity contribution in [1.29, 1.82) is 0 Å². The molecule has 1 N–H and O–H groups in total. The standard InChI is InChI=1S/C20H20ClN3O2S2/c1-12-5-4-6-13(2)19(12)23-17(25)10-24(3)18(26)11-27-20-22-15-9-14(21)7-8-16(15)28-20/h4-9H,10-11H2,1-3H3,(H,23,25). The number of hydrogen-bond donors (Lipinski definition) is 1. The largest absolute Gasteiger partial charge is 0.336 e. The predicted octanol–water partition coefficient (Wildman–Crippen LogP) is 4.76. The summed E-state index contributed by atoms with van der Waals surface area (Å²) in [5, 5.41) is 3.54. The van der Waals surface area contributed by atoms with Gasteiger partial charge in [0.15, 0.2) is 4.34 Å². The normalized spacial score (nSPS) is 10.9. The van der Waals surface area contributed by atoms with E-state index in [0.29, 0.717) is 5.02 Å². The molecule has 3 aromatic rings. The van der Waals surface area contributed by atoms with Crippen molar-refractivity contribution >= 4 is 62.4 Å². The summed E-state index contributed by atoms with van der Waals surface area (Å²) >= 11 is 8.87. The number of amides is 2. The number of anilines is 1. The van der Waals surface area contributed by atoms with Crippen LogP contribution in [0.25, 0.3) is 10.2 Å². The maximum absolute atomic E-state index is 12.4. The van der Waals surface area contributed by atoms with E-state index in [0.717, 1.165) is 31.4 Å². The maximum atomic E-state index is 12.4. The first kappa shape index (κ1) is 20.6. The lowest BCUT2D eigenvalue weighted by atomic mass is 10.1. The van der Waals surface area contributed by atoms with E-state index in [1.54, 1.807) is 7.05 Å². The van der Waals surface area contributed by atoms with Crippen molar-refractivity contribution in [3.63, 3.8) is 0 Å². The lowest BCUT2D eigenvalue weighted by Crippen LogP contribution is -2.36. The highest BCUT2D eigenvalue weighted by molar-refractivity contribution is 8.01. The number of carbonyl (C=O) groups is 2. The number of hydrogen-bond acceptors (Lipinski definition) is 5. The van der Waals surface area contributed by atoms with Gasteiger partial charge in [0.2, 0.25) is 11.8 Å². The summed E-state index contributed by atoms with van der Waals surface area (Å²) in [6.45, 7) is 3.89. The lowest BCUT2D eigenvalue weighted by Gasteiger charge is -2.17. The van der Waals surface area contributed by atoms with Gasteiger partial charge in [-0.25, -0.2) is 4.98 Å². The molecule has 28 heavy (non-hydrogen) atoms. The van der Waals surface area contributed by atoms with E-state index >= 15 is 0 Å². The SMILES string of the molecule is Cc1cccc(C)c1NC(=O)CN(C)C(=O)CSc1nc2cc(Cl)ccc2s1. The van der Waals surface area contributed by atoms with E-state index in [2.05, 4.69) is 10.3 Å². The fourth-order valence-corrected chi connectivity index (χ4v) is 4.82. The van der Waals surface area contributed by atoms with Crippen LogP contribution in [0.4, 0.5) is 5.69 Å². The molecule has 0 bridgehead atoms. The molecule has 2 amide bonds. The summed E-state index contributed by atoms with van der Waals surface area (Å²) in [5.41, 5.74) is 3.62. The van der Waals surface area contributed by atoms with Gasteiger partial charge in [-0.05, 0) is 43.2 Å². The minimum atomic E-state index is -0.215. The summed E-state index contributed by atoms with van der Waals surface area (Å²) in [6.07, 6.45) is 0. The molecule has 3 rings (SSSR count). The molecule has 146 valence electrons. The zero-order valence-electron chi connectivity index (χ0n) is 15.8. The molecule has 0 unspecified atom stereocenters. The lowest BCUT2D eigenvalue weighted by molar-refractivity contribution is -0.131. The highest BCUT2D eigenvalue weighted by atomic mass is 35.5. The molecule has 0 aliphatic rings. The van der Waals surface area contributed by atoms with Gasteiger partial charge in [-0.1, -0.05) is 41.6 Å². The van der Waals surface area contributed by atoms with Crippen LogP contribution in [0.5, 0.6) is 0 Å². The fraction of sp³-hybridized carbons (Fsp3) is 0.250. The van der Waals surface area contributed by atoms with Gasteiger partial charge in [-0.3, -0.25) is 9.59 Å². The van der Waals surface area contributed by atoms with Gasteiger partial charge in [0, 0.05) is 17.8 Å². The number of fused-ring (bicyclic) bond motifs is 1. The molecule has 1 aromatic heterocycles. The third kappa shape index (κ3) is 5.04. The van der Waals surface area contributed by atoms with E-state index in [-0.39, 0.29) is 24.1 Å². The van der Waals surface area contributed by atoms with E-state index in [4.69, 9.17) is 11.6 Å². The smallest absolute Gasteiger partial charge is 0.243 e. The Morgan fingerprint density at radius 1 is 1.21 bits per heavy atom. The van der Waals surface area contributed by atoms with E-state index in [1.165, 1.54) is 28.0 Å². The summed E-state index contributed by atoms with van der Waals surface area (Å²) in [4.78, 5) is 30.6. The number of benzene rings is 2. The van der Waals surface area contributed by atoms with Gasteiger partial charge in [0.05, 0.1) is 22.5 Å². The molecule has 1 heterocycles. The number of aryl methyl sites for hydroxylation is 2. The number of aromatic nitrogens is 1. The topological polar surface area (TPSA) is 62.3 Å². The van der Waals surface area contributed by atoms with Gasteiger partial charge in [0.1, 0.15) is 0 Å². The van der Waals surface area contributed by atoms with Crippen molar-refractivity contribution in [2.45, 2.75) is 18.2 Å². The van der Waals surface area contributed by atoms with Crippen molar-refractivity contribution < 1.29 is 9.59 Å². The Kier molecular flexibility index (Phi) is 6.59. The van der Waals surface area contributed by atoms with Gasteiger partial charge in [0.25, 0.3) is 0 Å². The van der Waals surface area contributed by atoms with Crippen LogP contribution in [0.15, 0.2) is 40.7 Å². The number of carbonyl (C=O) groups excluding carboxylic acids is 2. The number of thiazole rings is 1. The average molecular weight is 434 g/mol. The number of likely N-dealkylation sites (N-methyl/N-ethyl adjacent to an activating group) is 1. The van der Waals surface area contributed by atoms with Crippen LogP contribution >= 0.6 is 34.7 Å². The van der Waals surface area contributed by atoms with E-state index in [1.807, 2.05) is 50.2 Å². The van der Waals surface area contributed by atoms with Crippen molar-refractivity contribution in [2.24, 2.45) is 0 Å². The second-order valence-corrected chi connectivity index (χ2v) is 9.13. The van der Waals surface area contributed by atoms with Crippen LogP contribution < -0.4 is 5.32 Å². The first-order chi connectivity index (χ1) is 13.3. The molecule has 2 aromatic carbocycles. The number of nitrogens with zero attached hydrogens (tertiary/aromatic N) is 2. The number of para-hydroxylation sites is 1. The molecular formula is C20H20ClN3O2S2. The monoisotopic (exact) mass is 433 g/mol. The second kappa shape index (κ2) is 8.94. The molecule has 8 heteroatoms. The molecular weight excluding hydrogens is 414 g/mol. The molecule has 0 fully saturated rings. The van der Waals surface area contributed by atoms with Crippen LogP contribution in [-0.4, -0.2) is 41.0 Å². The number of halogens is 1. The Bertz CT molecular complexity index is 1020. The van der Waals surface area contributed by atoms with Crippen molar-refractivity contribution in [3.05, 3.63) is 52.5 Å². The first-order valence-corrected chi connectivity index (χ1v) is 10.8. The number of nitrogens with one attached hydrogen (secondary N) is 1. The molecule has 0 radical (unpaired) electrons. The Morgan fingerprint density at radius 2 is 1.93 bits per heavy atom. The average Bonchev–Trinajstić information content (AvgIpc) is 3.04. The highest BCUT2D eigenvalue weighted by Gasteiger charge is 2.16. The number of thioether (sulfide) groups is 1. The third-order valence-electron chi connectivity index (χ3n) is 4.20. The molecule has 0 atom stereocenters. The van der Waals surface area contributed by atoms with Crippen LogP contribution in [0.2, 0.25) is 5.02 Å². The Balaban J connectivity index is 1.54. The van der Waals surface area contributed by atoms with Crippen LogP contribution in [0.3, 0.4) is 0 Å². The Labute approximate surface area is 177 Å². The van der Waals surface area contributed by atoms with Crippen LogP contribution in [0.1, 0.15) is 11.1 Å². The molecule has 5 nitrogen and oxygen atoms in total. The van der Waals surface area contributed by atoms with Gasteiger partial charge < -0.3 is 10.2 Å². The highest BCUT2D eigenvalue weighted by Crippen LogP contribution is 2.31. The maximum Gasteiger partial charge on any atom is 0.243 e. The molecule has 0 spiro atoms. The Hall–Kier alpha value is -2.09. The quantitative estimate of drug-likeness (QED) is 0.569. The summed E-state index contributed by atoms with van der Waals surface area (Å²) < 4.78 is 1.83. The number of rotatable bonds is 6. The van der Waals surface area contributed by atoms with Crippen molar-refractivity contribution in [1.82, 2.24) is 9.88 Å². The second-order valence-electron chi connectivity index (χ2n) is 6.45. The minimum Gasteiger partial charge on any atom is -0.336 e. The minimum absolute atomic E-state index is 0.00260. The van der Waals surface area contributed by atoms with Gasteiger partial charge in [-0.2, -0.15) is 0 Å². The zero-order valence-corrected chi connectivity index (χ0v) is 18.2. The Morgan fingerprint density at radius 3 is 2.64 bits per heavy atom. The van der Waals surface area contributed by atoms with Crippen molar-refractivity contribution in [2.75, 3.05) is 24.7 Å². The van der Waals surface area contributed by atoms with E-state index in [9.17, 15) is 9.59 Å². The third-order valence-corrected chi connectivity index (χ3v) is 6.60. The predicted molar refractivity (Wildman–Crippen MR) is 118 cm³/mol. The summed E-state index contributed by atoms with van der Waals surface area (Å²) in [6, 6.07) is 11.4. The van der Waals surface area contributed by atoms with Gasteiger partial charge >= 0.3 is 0 Å². The molecule has 0 aliphatic heterocycles. The first-order valence-electron chi connectivity index (χ1n) is 8.62. The van der Waals surface area contributed by atoms with Crippen molar-refractivity contribution in [3.8, 4) is 0 Å². The zero-order chi connectivity index (χ0) is 20.3. The molecule has 0 saturated heterocycles. The summed E-state index contributed by atoms with van der Waals surface area (Å²) in [7, 11) is 1.63. The molecule has 0 aliphatic carbocycles.